The summed E-state index contributed by atoms with van der Waals surface area (Å²) in [7, 11) is 0. The van der Waals surface area contributed by atoms with Crippen molar-refractivity contribution in [2.24, 2.45) is 0 Å². The summed E-state index contributed by atoms with van der Waals surface area (Å²) < 4.78 is 37.0. The third-order valence-corrected chi connectivity index (χ3v) is 4.02. The fraction of sp³-hybridized carbons (Fsp3) is 0.111. The lowest BCUT2D eigenvalue weighted by atomic mass is 10.2. The highest BCUT2D eigenvalue weighted by atomic mass is 35.5. The number of carbonyl (C=O) groups is 1. The summed E-state index contributed by atoms with van der Waals surface area (Å²) in [6.07, 6.45) is 0. The van der Waals surface area contributed by atoms with Gasteiger partial charge in [0.05, 0.1) is 5.56 Å². The molecule has 3 aromatic rings. The molecular weight excluding hydrogens is 401 g/mol. The van der Waals surface area contributed by atoms with Crippen LogP contribution in [0.15, 0.2) is 40.9 Å². The quantitative estimate of drug-likeness (QED) is 0.609. The second kappa shape index (κ2) is 7.94. The van der Waals surface area contributed by atoms with Gasteiger partial charge in [0.2, 0.25) is 0 Å². The van der Waals surface area contributed by atoms with Crippen molar-refractivity contribution in [1.82, 2.24) is 5.16 Å². The summed E-state index contributed by atoms with van der Waals surface area (Å²) in [4.78, 5) is 12.5. The summed E-state index contributed by atoms with van der Waals surface area (Å²) in [5.41, 5.74) is 0.657. The highest BCUT2D eigenvalue weighted by molar-refractivity contribution is 6.35. The summed E-state index contributed by atoms with van der Waals surface area (Å²) in [6, 6.07) is 7.48. The molecule has 0 saturated carbocycles. The lowest BCUT2D eigenvalue weighted by Gasteiger charge is -2.08. The summed E-state index contributed by atoms with van der Waals surface area (Å²) in [6.45, 7) is 1.39. The minimum absolute atomic E-state index is 0.0360. The predicted molar refractivity (Wildman–Crippen MR) is 96.3 cm³/mol. The molecule has 0 bridgehead atoms. The molecule has 0 saturated heterocycles. The van der Waals surface area contributed by atoms with Crippen LogP contribution < -0.4 is 10.1 Å². The van der Waals surface area contributed by atoms with Crippen LogP contribution >= 0.6 is 23.2 Å². The van der Waals surface area contributed by atoms with Crippen LogP contribution in [0.25, 0.3) is 0 Å². The SMILES string of the molecule is Cc1onc(C(=O)Nc2cc(Cl)cc(Cl)c2)c1COc1ccc(F)cc1F. The predicted octanol–water partition coefficient (Wildman–Crippen LogP) is 5.40. The molecule has 0 spiro atoms. The Hall–Kier alpha value is -2.64. The number of hydrogen-bond acceptors (Lipinski definition) is 4. The molecule has 0 fully saturated rings. The Morgan fingerprint density at radius 1 is 1.19 bits per heavy atom. The Morgan fingerprint density at radius 2 is 1.89 bits per heavy atom. The molecule has 140 valence electrons. The van der Waals surface area contributed by atoms with Crippen molar-refractivity contribution in [3.05, 3.63) is 75.1 Å². The molecule has 1 aromatic heterocycles. The van der Waals surface area contributed by atoms with Crippen LogP contribution in [-0.4, -0.2) is 11.1 Å². The smallest absolute Gasteiger partial charge is 0.278 e. The molecule has 1 N–H and O–H groups in total. The van der Waals surface area contributed by atoms with E-state index in [9.17, 15) is 13.6 Å². The van der Waals surface area contributed by atoms with Crippen molar-refractivity contribution < 1.29 is 22.8 Å². The molecule has 1 heterocycles. The Balaban J connectivity index is 1.78. The number of halogens is 4. The van der Waals surface area contributed by atoms with Crippen LogP contribution in [0, 0.1) is 18.6 Å². The number of rotatable bonds is 5. The first kappa shape index (κ1) is 19.1. The molecule has 5 nitrogen and oxygen atoms in total. The van der Waals surface area contributed by atoms with E-state index < -0.39 is 17.5 Å². The number of hydrogen-bond donors (Lipinski definition) is 1. The monoisotopic (exact) mass is 412 g/mol. The van der Waals surface area contributed by atoms with Crippen molar-refractivity contribution >= 4 is 34.8 Å². The molecule has 2 aromatic carbocycles. The largest absolute Gasteiger partial charge is 0.486 e. The van der Waals surface area contributed by atoms with E-state index in [2.05, 4.69) is 10.5 Å². The zero-order valence-electron chi connectivity index (χ0n) is 13.9. The Labute approximate surface area is 162 Å². The molecule has 1 amide bonds. The van der Waals surface area contributed by atoms with E-state index in [4.69, 9.17) is 32.5 Å². The van der Waals surface area contributed by atoms with Crippen LogP contribution in [0.3, 0.4) is 0 Å². The van der Waals surface area contributed by atoms with Gasteiger partial charge in [-0.05, 0) is 37.3 Å². The second-order valence-corrected chi connectivity index (χ2v) is 6.41. The summed E-state index contributed by atoms with van der Waals surface area (Å²) in [5.74, 6) is -2.00. The average Bonchev–Trinajstić information content (AvgIpc) is 2.94. The molecule has 9 heteroatoms. The number of amides is 1. The maximum Gasteiger partial charge on any atom is 0.278 e. The van der Waals surface area contributed by atoms with Crippen LogP contribution in [0.4, 0.5) is 14.5 Å². The van der Waals surface area contributed by atoms with Gasteiger partial charge in [0.1, 0.15) is 18.2 Å². The van der Waals surface area contributed by atoms with E-state index in [0.29, 0.717) is 33.1 Å². The van der Waals surface area contributed by atoms with Crippen molar-refractivity contribution in [3.8, 4) is 5.75 Å². The third kappa shape index (κ3) is 4.56. The van der Waals surface area contributed by atoms with Gasteiger partial charge >= 0.3 is 0 Å². The molecule has 0 atom stereocenters. The van der Waals surface area contributed by atoms with Gasteiger partial charge in [0.15, 0.2) is 17.3 Å². The number of ether oxygens (including phenoxy) is 1. The van der Waals surface area contributed by atoms with Crippen molar-refractivity contribution in [2.45, 2.75) is 13.5 Å². The molecule has 3 rings (SSSR count). The highest BCUT2D eigenvalue weighted by Gasteiger charge is 2.21. The molecule has 0 aliphatic rings. The minimum atomic E-state index is -0.858. The minimum Gasteiger partial charge on any atom is -0.486 e. The van der Waals surface area contributed by atoms with Gasteiger partial charge in [-0.1, -0.05) is 28.4 Å². The normalized spacial score (nSPS) is 10.7. The van der Waals surface area contributed by atoms with Crippen LogP contribution in [-0.2, 0) is 6.61 Å². The van der Waals surface area contributed by atoms with Gasteiger partial charge in [-0.3, -0.25) is 4.79 Å². The highest BCUT2D eigenvalue weighted by Crippen LogP contribution is 2.25. The second-order valence-electron chi connectivity index (χ2n) is 5.54. The van der Waals surface area contributed by atoms with Gasteiger partial charge in [-0.15, -0.1) is 0 Å². The first-order valence-electron chi connectivity index (χ1n) is 7.64. The Bertz CT molecular complexity index is 988. The molecule has 27 heavy (non-hydrogen) atoms. The van der Waals surface area contributed by atoms with Gasteiger partial charge in [-0.25, -0.2) is 8.78 Å². The number of nitrogens with one attached hydrogen (secondary N) is 1. The lowest BCUT2D eigenvalue weighted by molar-refractivity contribution is 0.101. The van der Waals surface area contributed by atoms with Gasteiger partial charge in [0, 0.05) is 21.8 Å². The van der Waals surface area contributed by atoms with Crippen molar-refractivity contribution in [2.75, 3.05) is 5.32 Å². The standard InChI is InChI=1S/C18H12Cl2F2N2O3/c1-9-14(8-26-16-3-2-12(21)7-15(16)22)17(24-27-9)18(25)23-13-5-10(19)4-11(20)6-13/h2-7H,8H2,1H3,(H,23,25). The molecule has 0 unspecified atom stereocenters. The van der Waals surface area contributed by atoms with Crippen molar-refractivity contribution in [3.63, 3.8) is 0 Å². The zero-order chi connectivity index (χ0) is 19.6. The fourth-order valence-corrected chi connectivity index (χ4v) is 2.82. The topological polar surface area (TPSA) is 64.4 Å². The van der Waals surface area contributed by atoms with Crippen molar-refractivity contribution in [1.29, 1.82) is 0 Å². The number of benzene rings is 2. The van der Waals surface area contributed by atoms with Gasteiger partial charge in [0.25, 0.3) is 5.91 Å². The maximum absolute atomic E-state index is 13.7. The van der Waals surface area contributed by atoms with Gasteiger partial charge < -0.3 is 14.6 Å². The lowest BCUT2D eigenvalue weighted by Crippen LogP contribution is -2.15. The third-order valence-electron chi connectivity index (χ3n) is 3.59. The maximum atomic E-state index is 13.7. The Morgan fingerprint density at radius 3 is 2.56 bits per heavy atom. The number of anilines is 1. The van der Waals surface area contributed by atoms with E-state index in [1.54, 1.807) is 6.92 Å². The zero-order valence-corrected chi connectivity index (χ0v) is 15.4. The molecule has 0 aliphatic heterocycles. The molecule has 0 aliphatic carbocycles. The molecular formula is C18H12Cl2F2N2O3. The summed E-state index contributed by atoms with van der Waals surface area (Å²) in [5, 5.41) is 7.02. The Kier molecular flexibility index (Phi) is 5.62. The number of aryl methyl sites for hydroxylation is 1. The van der Waals surface area contributed by atoms with E-state index in [-0.39, 0.29) is 18.1 Å². The van der Waals surface area contributed by atoms with Crippen LogP contribution in [0.1, 0.15) is 21.8 Å². The van der Waals surface area contributed by atoms with E-state index in [1.807, 2.05) is 0 Å². The van der Waals surface area contributed by atoms with E-state index in [1.165, 1.54) is 18.2 Å². The fourth-order valence-electron chi connectivity index (χ4n) is 2.30. The summed E-state index contributed by atoms with van der Waals surface area (Å²) >= 11 is 11.8. The number of aromatic nitrogens is 1. The molecule has 0 radical (unpaired) electrons. The van der Waals surface area contributed by atoms with Gasteiger partial charge in [-0.2, -0.15) is 0 Å². The van der Waals surface area contributed by atoms with Crippen LogP contribution in [0.5, 0.6) is 5.75 Å². The number of carbonyl (C=O) groups excluding carboxylic acids is 1. The van der Waals surface area contributed by atoms with Crippen LogP contribution in [0.2, 0.25) is 10.0 Å². The first-order valence-corrected chi connectivity index (χ1v) is 8.39. The average molecular weight is 413 g/mol. The van der Waals surface area contributed by atoms with E-state index >= 15 is 0 Å². The number of nitrogens with zero attached hydrogens (tertiary/aromatic N) is 1. The first-order chi connectivity index (χ1) is 12.8. The van der Waals surface area contributed by atoms with E-state index in [0.717, 1.165) is 12.1 Å².